The largest absolute Gasteiger partial charge is 0.388 e. The van der Waals surface area contributed by atoms with Gasteiger partial charge < -0.3 is 36.8 Å². The van der Waals surface area contributed by atoms with Gasteiger partial charge in [-0.3, -0.25) is 4.79 Å². The molecule has 4 rings (SSSR count). The number of nitrogens with one attached hydrogen (secondary N) is 1. The second kappa shape index (κ2) is 8.71. The van der Waals surface area contributed by atoms with Crippen molar-refractivity contribution < 1.29 is 15.0 Å². The Labute approximate surface area is 180 Å². The fourth-order valence-electron chi connectivity index (χ4n) is 3.88. The Kier molecular flexibility index (Phi) is 6.01. The van der Waals surface area contributed by atoms with E-state index in [4.69, 9.17) is 11.5 Å². The third-order valence-corrected chi connectivity index (χ3v) is 5.50. The number of Topliss-reactive ketones (excluding diaryl/α,β-unsaturated/α-hetero) is 1. The number of aliphatic hydroxyl groups is 2. The van der Waals surface area contributed by atoms with E-state index in [0.717, 1.165) is 6.42 Å². The normalized spacial score (nSPS) is 26.2. The van der Waals surface area contributed by atoms with Gasteiger partial charge in [0.15, 0.2) is 5.78 Å². The van der Waals surface area contributed by atoms with Crippen LogP contribution in [0.25, 0.3) is 0 Å². The molecule has 7 N–H and O–H groups in total. The van der Waals surface area contributed by atoms with Crippen molar-refractivity contribution in [2.24, 2.45) is 11.5 Å². The third-order valence-electron chi connectivity index (χ3n) is 5.50. The second-order valence-corrected chi connectivity index (χ2v) is 8.22. The molecule has 2 aromatic rings. The van der Waals surface area contributed by atoms with Gasteiger partial charge >= 0.3 is 0 Å². The van der Waals surface area contributed by atoms with Gasteiger partial charge in [-0.25, -0.2) is 0 Å². The number of piperidine rings is 1. The molecule has 166 valence electrons. The summed E-state index contributed by atoms with van der Waals surface area (Å²) in [5.41, 5.74) is 13.6. The lowest BCUT2D eigenvalue weighted by Crippen LogP contribution is -2.53. The van der Waals surface area contributed by atoms with Crippen LogP contribution in [0.2, 0.25) is 0 Å². The first-order chi connectivity index (χ1) is 14.8. The minimum absolute atomic E-state index is 0.0137. The van der Waals surface area contributed by atoms with E-state index >= 15 is 0 Å². The van der Waals surface area contributed by atoms with Crippen LogP contribution >= 0.6 is 0 Å². The van der Waals surface area contributed by atoms with E-state index in [2.05, 4.69) is 20.3 Å². The van der Waals surface area contributed by atoms with Gasteiger partial charge in [0.1, 0.15) is 0 Å². The molecule has 2 fully saturated rings. The zero-order valence-electron chi connectivity index (χ0n) is 17.3. The van der Waals surface area contributed by atoms with Crippen molar-refractivity contribution in [1.29, 1.82) is 0 Å². The van der Waals surface area contributed by atoms with E-state index in [1.807, 2.05) is 4.90 Å². The average Bonchev–Trinajstić information content (AvgIpc) is 3.06. The topological polar surface area (TPSA) is 167 Å². The average molecular weight is 428 g/mol. The summed E-state index contributed by atoms with van der Waals surface area (Å²) in [7, 11) is 0. The molecule has 0 bridgehead atoms. The number of nitrogens with zero attached hydrogens (tertiary/aromatic N) is 5. The van der Waals surface area contributed by atoms with Crippen LogP contribution in [0.15, 0.2) is 24.3 Å². The zero-order valence-corrected chi connectivity index (χ0v) is 17.3. The Morgan fingerprint density at radius 2 is 1.45 bits per heavy atom. The monoisotopic (exact) mass is 428 g/mol. The number of β-amino-alcohol motifs (C(OH)–C–C–N with tert-alkyl or cyclic N) is 2. The molecule has 0 saturated carbocycles. The van der Waals surface area contributed by atoms with Crippen LogP contribution in [0, 0.1) is 0 Å². The van der Waals surface area contributed by atoms with Crippen molar-refractivity contribution in [3.63, 3.8) is 0 Å². The minimum Gasteiger partial charge on any atom is -0.388 e. The van der Waals surface area contributed by atoms with Crippen molar-refractivity contribution in [3.8, 4) is 0 Å². The highest BCUT2D eigenvalue weighted by Gasteiger charge is 2.32. The number of aromatic nitrogens is 3. The van der Waals surface area contributed by atoms with Gasteiger partial charge in [-0.2, -0.15) is 15.0 Å². The maximum atomic E-state index is 11.5. The first kappa shape index (κ1) is 21.4. The molecule has 0 radical (unpaired) electrons. The molecular weight excluding hydrogens is 400 g/mol. The number of benzene rings is 1. The molecule has 1 aromatic carbocycles. The molecule has 2 saturated heterocycles. The predicted octanol–water partition coefficient (Wildman–Crippen LogP) is -0.776. The number of anilines is 4. The standard InChI is InChI=1S/C20H28N8O3/c1-11(29)12-2-4-15(5-3-12)23-18-24-19(27-7-13(21)6-14(22)8-27)26-20(25-18)28-9-16(30)17(31)10-28/h2-5,13-14,16-17,30-31H,6-10,21-22H2,1H3,(H,23,24,25,26)/t13-,14+,16-,17+. The van der Waals surface area contributed by atoms with Crippen LogP contribution in [-0.4, -0.2) is 81.4 Å². The molecular formula is C20H28N8O3. The number of hydrogen-bond acceptors (Lipinski definition) is 11. The molecule has 4 atom stereocenters. The van der Waals surface area contributed by atoms with Crippen molar-refractivity contribution in [3.05, 3.63) is 29.8 Å². The number of aliphatic hydroxyl groups excluding tert-OH is 2. The minimum atomic E-state index is -0.868. The highest BCUT2D eigenvalue weighted by Crippen LogP contribution is 2.24. The van der Waals surface area contributed by atoms with Crippen molar-refractivity contribution in [2.45, 2.75) is 37.6 Å². The molecule has 0 spiro atoms. The Hall–Kier alpha value is -2.86. The van der Waals surface area contributed by atoms with E-state index in [-0.39, 0.29) is 31.0 Å². The number of rotatable bonds is 5. The van der Waals surface area contributed by atoms with Crippen molar-refractivity contribution in [2.75, 3.05) is 41.3 Å². The van der Waals surface area contributed by atoms with Gasteiger partial charge in [0.2, 0.25) is 17.8 Å². The van der Waals surface area contributed by atoms with Gasteiger partial charge in [-0.15, -0.1) is 0 Å². The maximum Gasteiger partial charge on any atom is 0.233 e. The van der Waals surface area contributed by atoms with E-state index in [9.17, 15) is 15.0 Å². The maximum absolute atomic E-state index is 11.5. The van der Waals surface area contributed by atoms with Gasteiger partial charge in [0, 0.05) is 49.5 Å². The summed E-state index contributed by atoms with van der Waals surface area (Å²) in [6.45, 7) is 3.08. The number of hydrogen-bond donors (Lipinski definition) is 5. The Morgan fingerprint density at radius 3 is 1.97 bits per heavy atom. The molecule has 0 amide bonds. The van der Waals surface area contributed by atoms with Crippen LogP contribution in [-0.2, 0) is 0 Å². The number of carbonyl (C=O) groups excluding carboxylic acids is 1. The summed E-state index contributed by atoms with van der Waals surface area (Å²) in [6.07, 6.45) is -1.01. The lowest BCUT2D eigenvalue weighted by molar-refractivity contribution is 0.0572. The molecule has 11 heteroatoms. The summed E-state index contributed by atoms with van der Waals surface area (Å²) in [6, 6.07) is 6.82. The molecule has 1 aromatic heterocycles. The SMILES string of the molecule is CC(=O)c1ccc(Nc2nc(N3C[C@H](N)C[C@H](N)C3)nc(N3C[C@@H](O)[C@@H](O)C3)n2)cc1. The van der Waals surface area contributed by atoms with Gasteiger partial charge in [0.25, 0.3) is 0 Å². The molecule has 2 aliphatic heterocycles. The molecule has 0 aliphatic carbocycles. The highest BCUT2D eigenvalue weighted by molar-refractivity contribution is 5.94. The Morgan fingerprint density at radius 1 is 0.935 bits per heavy atom. The van der Waals surface area contributed by atoms with Crippen LogP contribution in [0.3, 0.4) is 0 Å². The fourth-order valence-corrected chi connectivity index (χ4v) is 3.88. The van der Waals surface area contributed by atoms with Crippen LogP contribution in [0.1, 0.15) is 23.7 Å². The second-order valence-electron chi connectivity index (χ2n) is 8.22. The zero-order chi connectivity index (χ0) is 22.1. The molecule has 0 unspecified atom stereocenters. The lowest BCUT2D eigenvalue weighted by Gasteiger charge is -2.35. The van der Waals surface area contributed by atoms with Gasteiger partial charge in [-0.05, 0) is 37.6 Å². The summed E-state index contributed by atoms with van der Waals surface area (Å²) in [4.78, 5) is 28.8. The summed E-state index contributed by atoms with van der Waals surface area (Å²) < 4.78 is 0. The smallest absolute Gasteiger partial charge is 0.233 e. The van der Waals surface area contributed by atoms with Gasteiger partial charge in [-0.1, -0.05) is 0 Å². The molecule has 3 heterocycles. The predicted molar refractivity (Wildman–Crippen MR) is 117 cm³/mol. The van der Waals surface area contributed by atoms with Gasteiger partial charge in [0.05, 0.1) is 12.2 Å². The molecule has 31 heavy (non-hydrogen) atoms. The number of ketones is 1. The Bertz CT molecular complexity index is 921. The van der Waals surface area contributed by atoms with Crippen LogP contribution in [0.4, 0.5) is 23.5 Å². The van der Waals surface area contributed by atoms with Crippen molar-refractivity contribution in [1.82, 2.24) is 15.0 Å². The summed E-state index contributed by atoms with van der Waals surface area (Å²) in [5, 5.41) is 23.0. The summed E-state index contributed by atoms with van der Waals surface area (Å²) in [5.74, 6) is 1.06. The van der Waals surface area contributed by atoms with E-state index in [1.54, 1.807) is 29.2 Å². The summed E-state index contributed by atoms with van der Waals surface area (Å²) >= 11 is 0. The number of carbonyl (C=O) groups is 1. The van der Waals surface area contributed by atoms with E-state index in [0.29, 0.717) is 42.2 Å². The molecule has 11 nitrogen and oxygen atoms in total. The quantitative estimate of drug-likeness (QED) is 0.379. The van der Waals surface area contributed by atoms with Crippen molar-refractivity contribution >= 4 is 29.3 Å². The van der Waals surface area contributed by atoms with Crippen LogP contribution in [0.5, 0.6) is 0 Å². The highest BCUT2D eigenvalue weighted by atomic mass is 16.3. The van der Waals surface area contributed by atoms with E-state index in [1.165, 1.54) is 6.92 Å². The van der Waals surface area contributed by atoms with E-state index < -0.39 is 12.2 Å². The fraction of sp³-hybridized carbons (Fsp3) is 0.500. The Balaban J connectivity index is 1.64. The molecule has 2 aliphatic rings. The van der Waals surface area contributed by atoms with Crippen LogP contribution < -0.4 is 26.6 Å². The lowest BCUT2D eigenvalue weighted by atomic mass is 10.0. The first-order valence-electron chi connectivity index (χ1n) is 10.3. The number of nitrogens with two attached hydrogens (primary N) is 2. The third kappa shape index (κ3) is 4.90. The first-order valence-corrected chi connectivity index (χ1v) is 10.3.